The molecule has 4 heteroatoms. The van der Waals surface area contributed by atoms with Crippen LogP contribution in [0.25, 0.3) is 0 Å². The Bertz CT molecular complexity index is 540. The molecule has 0 amide bonds. The second kappa shape index (κ2) is 7.25. The van der Waals surface area contributed by atoms with Crippen LogP contribution in [0, 0.1) is 13.8 Å². The fraction of sp³-hybridized carbons (Fsp3) is 0.529. The smallest absolute Gasteiger partial charge is 0.119 e. The molecule has 0 radical (unpaired) electrons. The number of aromatic amines is 1. The minimum Gasteiger partial charge on any atom is -0.494 e. The molecule has 0 fully saturated rings. The standard InChI is InChI=1S/C17H25N3O/c1-5-7-21-16-8-12(3)17(13(4)9-16)14(6-2)10-15-11-18-20-19-15/h8-9,11,14H,5-7,10H2,1-4H3,(H,18,19,20). The van der Waals surface area contributed by atoms with Gasteiger partial charge in [0.2, 0.25) is 0 Å². The lowest BCUT2D eigenvalue weighted by atomic mass is 9.86. The van der Waals surface area contributed by atoms with Gasteiger partial charge in [-0.15, -0.1) is 0 Å². The van der Waals surface area contributed by atoms with Crippen molar-refractivity contribution < 1.29 is 4.74 Å². The van der Waals surface area contributed by atoms with Gasteiger partial charge in [-0.25, -0.2) is 0 Å². The van der Waals surface area contributed by atoms with Gasteiger partial charge < -0.3 is 4.74 Å². The summed E-state index contributed by atoms with van der Waals surface area (Å²) < 4.78 is 5.76. The van der Waals surface area contributed by atoms with Crippen LogP contribution < -0.4 is 4.74 Å². The van der Waals surface area contributed by atoms with Crippen molar-refractivity contribution in [3.05, 3.63) is 40.7 Å². The van der Waals surface area contributed by atoms with Gasteiger partial charge in [0.15, 0.2) is 0 Å². The summed E-state index contributed by atoms with van der Waals surface area (Å²) in [4.78, 5) is 0. The lowest BCUT2D eigenvalue weighted by Crippen LogP contribution is -2.07. The fourth-order valence-electron chi connectivity index (χ4n) is 2.91. The first kappa shape index (κ1) is 15.5. The van der Waals surface area contributed by atoms with Gasteiger partial charge in [0.25, 0.3) is 0 Å². The van der Waals surface area contributed by atoms with E-state index in [1.165, 1.54) is 16.7 Å². The van der Waals surface area contributed by atoms with E-state index in [0.717, 1.165) is 37.3 Å². The van der Waals surface area contributed by atoms with Crippen LogP contribution in [0.15, 0.2) is 18.3 Å². The highest BCUT2D eigenvalue weighted by molar-refractivity contribution is 5.43. The molecule has 1 heterocycles. The first-order chi connectivity index (χ1) is 10.2. The van der Waals surface area contributed by atoms with E-state index in [2.05, 4.69) is 55.2 Å². The van der Waals surface area contributed by atoms with E-state index in [9.17, 15) is 0 Å². The zero-order chi connectivity index (χ0) is 15.2. The molecule has 2 aromatic rings. The van der Waals surface area contributed by atoms with E-state index in [-0.39, 0.29) is 0 Å². The second-order valence-electron chi connectivity index (χ2n) is 5.59. The van der Waals surface area contributed by atoms with Crippen LogP contribution in [0.1, 0.15) is 55.0 Å². The number of rotatable bonds is 7. The van der Waals surface area contributed by atoms with Gasteiger partial charge in [-0.05, 0) is 67.9 Å². The van der Waals surface area contributed by atoms with Crippen molar-refractivity contribution in [2.45, 2.75) is 52.9 Å². The van der Waals surface area contributed by atoms with Crippen molar-refractivity contribution in [1.82, 2.24) is 15.4 Å². The number of nitrogens with one attached hydrogen (secondary N) is 1. The minimum atomic E-state index is 0.468. The highest BCUT2D eigenvalue weighted by Gasteiger charge is 2.17. The van der Waals surface area contributed by atoms with Crippen LogP contribution in [0.4, 0.5) is 0 Å². The molecule has 0 saturated heterocycles. The maximum absolute atomic E-state index is 5.76. The van der Waals surface area contributed by atoms with Gasteiger partial charge in [0.1, 0.15) is 5.75 Å². The number of ether oxygens (including phenoxy) is 1. The van der Waals surface area contributed by atoms with Crippen molar-refractivity contribution in [3.63, 3.8) is 0 Å². The van der Waals surface area contributed by atoms with Crippen molar-refractivity contribution >= 4 is 0 Å². The molecule has 0 bridgehead atoms. The summed E-state index contributed by atoms with van der Waals surface area (Å²) in [6.45, 7) is 9.47. The molecular formula is C17H25N3O. The minimum absolute atomic E-state index is 0.468. The molecule has 1 N–H and O–H groups in total. The predicted molar refractivity (Wildman–Crippen MR) is 84.8 cm³/mol. The maximum Gasteiger partial charge on any atom is 0.119 e. The summed E-state index contributed by atoms with van der Waals surface area (Å²) in [6, 6.07) is 4.31. The molecule has 0 aliphatic carbocycles. The Morgan fingerprint density at radius 2 is 1.90 bits per heavy atom. The largest absolute Gasteiger partial charge is 0.494 e. The van der Waals surface area contributed by atoms with E-state index in [0.29, 0.717) is 5.92 Å². The molecule has 4 nitrogen and oxygen atoms in total. The predicted octanol–water partition coefficient (Wildman–Crippen LogP) is 3.95. The van der Waals surface area contributed by atoms with E-state index in [1.54, 1.807) is 0 Å². The summed E-state index contributed by atoms with van der Waals surface area (Å²) in [5.74, 6) is 1.45. The van der Waals surface area contributed by atoms with E-state index >= 15 is 0 Å². The normalized spacial score (nSPS) is 12.4. The summed E-state index contributed by atoms with van der Waals surface area (Å²) >= 11 is 0. The van der Waals surface area contributed by atoms with Crippen molar-refractivity contribution in [2.75, 3.05) is 6.61 Å². The fourth-order valence-corrected chi connectivity index (χ4v) is 2.91. The topological polar surface area (TPSA) is 50.8 Å². The molecule has 1 atom stereocenters. The van der Waals surface area contributed by atoms with Crippen LogP contribution in [0.5, 0.6) is 5.75 Å². The first-order valence-electron chi connectivity index (χ1n) is 7.74. The Labute approximate surface area is 126 Å². The third-order valence-electron chi connectivity index (χ3n) is 3.86. The molecule has 21 heavy (non-hydrogen) atoms. The van der Waals surface area contributed by atoms with Gasteiger partial charge >= 0.3 is 0 Å². The summed E-state index contributed by atoms with van der Waals surface area (Å²) in [6.07, 6.45) is 4.85. The number of aryl methyl sites for hydroxylation is 2. The Balaban J connectivity index is 2.24. The number of aromatic nitrogens is 3. The van der Waals surface area contributed by atoms with Crippen molar-refractivity contribution in [1.29, 1.82) is 0 Å². The van der Waals surface area contributed by atoms with E-state index in [4.69, 9.17) is 4.74 Å². The van der Waals surface area contributed by atoms with Crippen LogP contribution in [0.3, 0.4) is 0 Å². The highest BCUT2D eigenvalue weighted by Crippen LogP contribution is 2.32. The summed E-state index contributed by atoms with van der Waals surface area (Å²) in [5, 5.41) is 10.8. The maximum atomic E-state index is 5.76. The number of hydrogen-bond acceptors (Lipinski definition) is 3. The Hall–Kier alpha value is -1.84. The third kappa shape index (κ3) is 3.84. The first-order valence-corrected chi connectivity index (χ1v) is 7.74. The molecular weight excluding hydrogens is 262 g/mol. The zero-order valence-electron chi connectivity index (χ0n) is 13.4. The molecule has 2 rings (SSSR count). The van der Waals surface area contributed by atoms with Gasteiger partial charge in [-0.1, -0.05) is 13.8 Å². The van der Waals surface area contributed by atoms with Crippen LogP contribution in [0.2, 0.25) is 0 Å². The highest BCUT2D eigenvalue weighted by atomic mass is 16.5. The lowest BCUT2D eigenvalue weighted by Gasteiger charge is -2.20. The molecule has 0 spiro atoms. The average molecular weight is 287 g/mol. The zero-order valence-corrected chi connectivity index (χ0v) is 13.4. The quantitative estimate of drug-likeness (QED) is 0.839. The lowest BCUT2D eigenvalue weighted by molar-refractivity contribution is 0.317. The molecule has 0 aliphatic heterocycles. The summed E-state index contributed by atoms with van der Waals surface area (Å²) in [7, 11) is 0. The number of nitrogens with zero attached hydrogens (tertiary/aromatic N) is 2. The molecule has 1 aromatic carbocycles. The molecule has 114 valence electrons. The molecule has 1 aromatic heterocycles. The van der Waals surface area contributed by atoms with Gasteiger partial charge in [0.05, 0.1) is 18.5 Å². The Kier molecular flexibility index (Phi) is 5.37. The SMILES string of the molecule is CCCOc1cc(C)c(C(CC)Cc2cn[nH]n2)c(C)c1. The van der Waals surface area contributed by atoms with E-state index in [1.807, 2.05) is 6.20 Å². The van der Waals surface area contributed by atoms with Gasteiger partial charge in [0, 0.05) is 0 Å². The number of H-pyrrole nitrogens is 1. The molecule has 0 saturated carbocycles. The molecule has 0 aliphatic rings. The van der Waals surface area contributed by atoms with Gasteiger partial charge in [-0.3, -0.25) is 0 Å². The van der Waals surface area contributed by atoms with Crippen LogP contribution in [-0.2, 0) is 6.42 Å². The second-order valence-corrected chi connectivity index (χ2v) is 5.59. The number of hydrogen-bond donors (Lipinski definition) is 1. The van der Waals surface area contributed by atoms with E-state index < -0.39 is 0 Å². The number of benzene rings is 1. The monoisotopic (exact) mass is 287 g/mol. The van der Waals surface area contributed by atoms with Crippen LogP contribution >= 0.6 is 0 Å². The van der Waals surface area contributed by atoms with Gasteiger partial charge in [-0.2, -0.15) is 15.4 Å². The molecule has 1 unspecified atom stereocenters. The Morgan fingerprint density at radius 3 is 2.43 bits per heavy atom. The summed E-state index contributed by atoms with van der Waals surface area (Å²) in [5.41, 5.74) is 5.05. The van der Waals surface area contributed by atoms with Crippen LogP contribution in [-0.4, -0.2) is 22.0 Å². The Morgan fingerprint density at radius 1 is 1.19 bits per heavy atom. The third-order valence-corrected chi connectivity index (χ3v) is 3.86. The van der Waals surface area contributed by atoms with Crippen molar-refractivity contribution in [3.8, 4) is 5.75 Å². The average Bonchev–Trinajstić information content (AvgIpc) is 2.96. The van der Waals surface area contributed by atoms with Crippen molar-refractivity contribution in [2.24, 2.45) is 0 Å².